The molecular formula is C16H26ClN3O. The Kier molecular flexibility index (Phi) is 5.85. The van der Waals surface area contributed by atoms with Gasteiger partial charge in [-0.05, 0) is 37.9 Å². The average molecular weight is 312 g/mol. The minimum absolute atomic E-state index is 0.230. The molecule has 1 saturated heterocycles. The number of nitrogens with one attached hydrogen (secondary N) is 1. The molecule has 0 saturated carbocycles. The number of ether oxygens (including phenoxy) is 1. The van der Waals surface area contributed by atoms with E-state index in [-0.39, 0.29) is 12.2 Å². The van der Waals surface area contributed by atoms with Crippen LogP contribution >= 0.6 is 11.6 Å². The molecule has 1 aromatic rings. The first-order valence-electron chi connectivity index (χ1n) is 7.71. The number of hydrogen-bond acceptors (Lipinski definition) is 4. The van der Waals surface area contributed by atoms with Crippen LogP contribution < -0.4 is 10.2 Å². The quantitative estimate of drug-likeness (QED) is 0.906. The zero-order chi connectivity index (χ0) is 15.4. The number of hydrogen-bond donors (Lipinski definition) is 1. The SMILES string of the molecule is CC(C)CNCc1cc(N2CC(C)OC(C)C2)ncc1Cl. The third kappa shape index (κ3) is 4.83. The fraction of sp³-hybridized carbons (Fsp3) is 0.688. The van der Waals surface area contributed by atoms with Crippen LogP contribution in [0.2, 0.25) is 5.02 Å². The minimum atomic E-state index is 0.230. The molecule has 118 valence electrons. The van der Waals surface area contributed by atoms with Crippen LogP contribution in [0.1, 0.15) is 33.3 Å². The molecular weight excluding hydrogens is 286 g/mol. The van der Waals surface area contributed by atoms with Crippen molar-refractivity contribution >= 4 is 17.4 Å². The Balaban J connectivity index is 2.06. The zero-order valence-electron chi connectivity index (χ0n) is 13.4. The molecule has 2 rings (SSSR count). The normalized spacial score (nSPS) is 22.9. The van der Waals surface area contributed by atoms with E-state index < -0.39 is 0 Å². The second-order valence-electron chi connectivity index (χ2n) is 6.32. The Morgan fingerprint density at radius 2 is 2.05 bits per heavy atom. The molecule has 0 bridgehead atoms. The first-order chi connectivity index (χ1) is 9.95. The van der Waals surface area contributed by atoms with Crippen molar-refractivity contribution < 1.29 is 4.74 Å². The lowest BCUT2D eigenvalue weighted by molar-refractivity contribution is -0.00546. The molecule has 2 heterocycles. The fourth-order valence-electron chi connectivity index (χ4n) is 2.64. The summed E-state index contributed by atoms with van der Waals surface area (Å²) in [5, 5.41) is 4.16. The highest BCUT2D eigenvalue weighted by molar-refractivity contribution is 6.31. The van der Waals surface area contributed by atoms with Crippen LogP contribution in [0.3, 0.4) is 0 Å². The number of pyridine rings is 1. The summed E-state index contributed by atoms with van der Waals surface area (Å²) in [4.78, 5) is 6.76. The molecule has 1 aromatic heterocycles. The summed E-state index contributed by atoms with van der Waals surface area (Å²) in [6, 6.07) is 2.10. The third-order valence-corrected chi connectivity index (χ3v) is 3.87. The van der Waals surface area contributed by atoms with E-state index in [4.69, 9.17) is 16.3 Å². The predicted octanol–water partition coefficient (Wildman–Crippen LogP) is 3.09. The molecule has 0 aromatic carbocycles. The fourth-order valence-corrected chi connectivity index (χ4v) is 2.81. The zero-order valence-corrected chi connectivity index (χ0v) is 14.2. The van der Waals surface area contributed by atoms with Crippen molar-refractivity contribution in [1.82, 2.24) is 10.3 Å². The Labute approximate surface area is 132 Å². The van der Waals surface area contributed by atoms with E-state index in [1.165, 1.54) is 0 Å². The Hall–Kier alpha value is -0.840. The van der Waals surface area contributed by atoms with Crippen molar-refractivity contribution in [2.24, 2.45) is 5.92 Å². The van der Waals surface area contributed by atoms with E-state index in [0.717, 1.165) is 42.6 Å². The van der Waals surface area contributed by atoms with Gasteiger partial charge >= 0.3 is 0 Å². The Morgan fingerprint density at radius 1 is 1.38 bits per heavy atom. The van der Waals surface area contributed by atoms with Crippen LogP contribution in [-0.4, -0.2) is 36.8 Å². The summed E-state index contributed by atoms with van der Waals surface area (Å²) in [7, 11) is 0. The first kappa shape index (κ1) is 16.5. The summed E-state index contributed by atoms with van der Waals surface area (Å²) in [6.45, 7) is 12.1. The number of halogens is 1. The standard InChI is InChI=1S/C16H26ClN3O/c1-11(2)6-18-7-14-5-16(19-8-15(14)17)20-9-12(3)21-13(4)10-20/h5,8,11-13,18H,6-7,9-10H2,1-4H3. The molecule has 0 spiro atoms. The molecule has 0 radical (unpaired) electrons. The largest absolute Gasteiger partial charge is 0.372 e. The van der Waals surface area contributed by atoms with Gasteiger partial charge in [0.1, 0.15) is 5.82 Å². The van der Waals surface area contributed by atoms with Gasteiger partial charge in [-0.3, -0.25) is 0 Å². The highest BCUT2D eigenvalue weighted by Crippen LogP contribution is 2.23. The van der Waals surface area contributed by atoms with Gasteiger partial charge in [0.15, 0.2) is 0 Å². The molecule has 2 atom stereocenters. The van der Waals surface area contributed by atoms with Crippen LogP contribution in [-0.2, 0) is 11.3 Å². The second kappa shape index (κ2) is 7.43. The van der Waals surface area contributed by atoms with E-state index >= 15 is 0 Å². The monoisotopic (exact) mass is 311 g/mol. The molecule has 1 aliphatic rings. The van der Waals surface area contributed by atoms with Crippen molar-refractivity contribution in [3.8, 4) is 0 Å². The van der Waals surface area contributed by atoms with Crippen LogP contribution in [0.25, 0.3) is 0 Å². The summed E-state index contributed by atoms with van der Waals surface area (Å²) in [5.41, 5.74) is 1.11. The van der Waals surface area contributed by atoms with Gasteiger partial charge in [0.25, 0.3) is 0 Å². The summed E-state index contributed by atoms with van der Waals surface area (Å²) >= 11 is 6.26. The smallest absolute Gasteiger partial charge is 0.129 e. The summed E-state index contributed by atoms with van der Waals surface area (Å²) in [6.07, 6.45) is 2.22. The van der Waals surface area contributed by atoms with Gasteiger partial charge in [-0.2, -0.15) is 0 Å². The van der Waals surface area contributed by atoms with Gasteiger partial charge in [0, 0.05) is 25.8 Å². The molecule has 1 fully saturated rings. The predicted molar refractivity (Wildman–Crippen MR) is 88.0 cm³/mol. The first-order valence-corrected chi connectivity index (χ1v) is 8.09. The maximum atomic E-state index is 6.26. The topological polar surface area (TPSA) is 37.4 Å². The van der Waals surface area contributed by atoms with Crippen molar-refractivity contribution in [3.63, 3.8) is 0 Å². The molecule has 0 aliphatic carbocycles. The van der Waals surface area contributed by atoms with Gasteiger partial charge in [-0.1, -0.05) is 25.4 Å². The molecule has 1 N–H and O–H groups in total. The Morgan fingerprint density at radius 3 is 2.67 bits per heavy atom. The number of aromatic nitrogens is 1. The highest BCUT2D eigenvalue weighted by atomic mass is 35.5. The lowest BCUT2D eigenvalue weighted by atomic mass is 10.2. The average Bonchev–Trinajstić information content (AvgIpc) is 2.39. The van der Waals surface area contributed by atoms with Crippen LogP contribution in [0.15, 0.2) is 12.3 Å². The van der Waals surface area contributed by atoms with E-state index in [9.17, 15) is 0 Å². The Bertz CT molecular complexity index is 457. The lowest BCUT2D eigenvalue weighted by Crippen LogP contribution is -2.45. The van der Waals surface area contributed by atoms with Crippen LogP contribution in [0, 0.1) is 5.92 Å². The molecule has 4 nitrogen and oxygen atoms in total. The van der Waals surface area contributed by atoms with Gasteiger partial charge in [0.2, 0.25) is 0 Å². The van der Waals surface area contributed by atoms with Crippen LogP contribution in [0.5, 0.6) is 0 Å². The van der Waals surface area contributed by atoms with Crippen LogP contribution in [0.4, 0.5) is 5.82 Å². The van der Waals surface area contributed by atoms with E-state index in [1.807, 2.05) is 0 Å². The van der Waals surface area contributed by atoms with Gasteiger partial charge < -0.3 is 15.0 Å². The number of rotatable bonds is 5. The van der Waals surface area contributed by atoms with Gasteiger partial charge in [-0.25, -0.2) is 4.98 Å². The third-order valence-electron chi connectivity index (χ3n) is 3.53. The molecule has 0 amide bonds. The van der Waals surface area contributed by atoms with Crippen molar-refractivity contribution in [3.05, 3.63) is 22.8 Å². The van der Waals surface area contributed by atoms with Crippen molar-refractivity contribution in [2.75, 3.05) is 24.5 Å². The van der Waals surface area contributed by atoms with Crippen molar-refractivity contribution in [1.29, 1.82) is 0 Å². The summed E-state index contributed by atoms with van der Waals surface area (Å²) in [5.74, 6) is 1.62. The number of nitrogens with zero attached hydrogens (tertiary/aromatic N) is 2. The number of morpholine rings is 1. The van der Waals surface area contributed by atoms with Crippen molar-refractivity contribution in [2.45, 2.75) is 46.4 Å². The highest BCUT2D eigenvalue weighted by Gasteiger charge is 2.23. The molecule has 5 heteroatoms. The van der Waals surface area contributed by atoms with E-state index in [1.54, 1.807) is 6.20 Å². The lowest BCUT2D eigenvalue weighted by Gasteiger charge is -2.36. The molecule has 1 aliphatic heterocycles. The minimum Gasteiger partial charge on any atom is -0.372 e. The molecule has 2 unspecified atom stereocenters. The summed E-state index contributed by atoms with van der Waals surface area (Å²) < 4.78 is 5.78. The maximum absolute atomic E-state index is 6.26. The van der Waals surface area contributed by atoms with Gasteiger partial charge in [0.05, 0.1) is 17.2 Å². The van der Waals surface area contributed by atoms with E-state index in [0.29, 0.717) is 5.92 Å². The number of anilines is 1. The maximum Gasteiger partial charge on any atom is 0.129 e. The second-order valence-corrected chi connectivity index (χ2v) is 6.73. The molecule has 21 heavy (non-hydrogen) atoms. The van der Waals surface area contributed by atoms with Gasteiger partial charge in [-0.15, -0.1) is 0 Å². The van der Waals surface area contributed by atoms with E-state index in [2.05, 4.69) is 49.0 Å².